The van der Waals surface area contributed by atoms with Gasteiger partial charge in [-0.05, 0) is 43.3 Å². The number of aryl methyl sites for hydroxylation is 1. The fourth-order valence-corrected chi connectivity index (χ4v) is 2.55. The summed E-state index contributed by atoms with van der Waals surface area (Å²) in [6, 6.07) is 8.80. The van der Waals surface area contributed by atoms with Crippen molar-refractivity contribution in [2.45, 2.75) is 6.92 Å². The normalized spacial score (nSPS) is 10.8. The quantitative estimate of drug-likeness (QED) is 0.622. The second kappa shape index (κ2) is 5.90. The lowest BCUT2D eigenvalue weighted by Crippen LogP contribution is -2.12. The van der Waals surface area contributed by atoms with Crippen molar-refractivity contribution in [1.29, 1.82) is 0 Å². The fourth-order valence-electron chi connectivity index (χ4n) is 2.38. The van der Waals surface area contributed by atoms with E-state index in [1.54, 1.807) is 25.1 Å². The second-order valence-electron chi connectivity index (χ2n) is 5.19. The molecule has 122 valence electrons. The molecule has 6 nitrogen and oxygen atoms in total. The number of fused-ring (bicyclic) bond motifs is 1. The highest BCUT2D eigenvalue weighted by atomic mass is 35.5. The number of halogens is 1. The van der Waals surface area contributed by atoms with E-state index in [4.69, 9.17) is 21.1 Å². The average molecular weight is 346 g/mol. The van der Waals surface area contributed by atoms with Crippen molar-refractivity contribution >= 4 is 40.1 Å². The summed E-state index contributed by atoms with van der Waals surface area (Å²) in [5.74, 6) is -2.09. The summed E-state index contributed by atoms with van der Waals surface area (Å²) >= 11 is 5.95. The van der Waals surface area contributed by atoms with Crippen molar-refractivity contribution < 1.29 is 24.2 Å². The predicted molar refractivity (Wildman–Crippen MR) is 89.0 cm³/mol. The SMILES string of the molecule is Cc1c(C(=O)Nc2ccc(O)c(C(=O)O)c2)oc2ccc(Cl)cc12. The Labute approximate surface area is 141 Å². The molecule has 1 heterocycles. The van der Waals surface area contributed by atoms with E-state index in [9.17, 15) is 14.7 Å². The van der Waals surface area contributed by atoms with E-state index in [2.05, 4.69) is 5.32 Å². The number of carboxylic acids is 1. The van der Waals surface area contributed by atoms with Gasteiger partial charge in [-0.1, -0.05) is 11.6 Å². The van der Waals surface area contributed by atoms with Gasteiger partial charge in [0.1, 0.15) is 16.9 Å². The molecule has 0 atom stereocenters. The lowest BCUT2D eigenvalue weighted by atomic mass is 10.1. The highest BCUT2D eigenvalue weighted by Gasteiger charge is 2.19. The third kappa shape index (κ3) is 2.79. The number of aromatic carboxylic acids is 1. The molecule has 3 aromatic rings. The first-order valence-electron chi connectivity index (χ1n) is 6.93. The van der Waals surface area contributed by atoms with Gasteiger partial charge in [0.05, 0.1) is 0 Å². The number of amides is 1. The first kappa shape index (κ1) is 15.9. The van der Waals surface area contributed by atoms with Crippen LogP contribution < -0.4 is 5.32 Å². The van der Waals surface area contributed by atoms with Crippen LogP contribution in [0.1, 0.15) is 26.5 Å². The summed E-state index contributed by atoms with van der Waals surface area (Å²) in [6.45, 7) is 1.73. The molecule has 0 radical (unpaired) electrons. The van der Waals surface area contributed by atoms with Gasteiger partial charge in [0, 0.05) is 21.7 Å². The molecule has 1 aromatic heterocycles. The molecule has 0 aliphatic carbocycles. The average Bonchev–Trinajstić information content (AvgIpc) is 2.86. The minimum atomic E-state index is -1.29. The lowest BCUT2D eigenvalue weighted by molar-refractivity contribution is 0.0693. The Balaban J connectivity index is 1.94. The molecular weight excluding hydrogens is 334 g/mol. The number of benzene rings is 2. The standard InChI is InChI=1S/C17H12ClNO5/c1-8-11-6-9(18)2-5-14(11)24-15(8)16(21)19-10-3-4-13(20)12(7-10)17(22)23/h2-7,20H,1H3,(H,19,21)(H,22,23). The molecule has 3 rings (SSSR count). The van der Waals surface area contributed by atoms with Crippen LogP contribution in [0.4, 0.5) is 5.69 Å². The number of nitrogens with one attached hydrogen (secondary N) is 1. The van der Waals surface area contributed by atoms with Crippen molar-refractivity contribution in [3.8, 4) is 5.75 Å². The van der Waals surface area contributed by atoms with E-state index >= 15 is 0 Å². The molecule has 2 aromatic carbocycles. The molecule has 0 saturated carbocycles. The number of phenols is 1. The van der Waals surface area contributed by atoms with Crippen molar-refractivity contribution in [2.24, 2.45) is 0 Å². The van der Waals surface area contributed by atoms with Gasteiger partial charge in [-0.3, -0.25) is 4.79 Å². The van der Waals surface area contributed by atoms with Crippen LogP contribution in [0.3, 0.4) is 0 Å². The van der Waals surface area contributed by atoms with Crippen molar-refractivity contribution in [1.82, 2.24) is 0 Å². The van der Waals surface area contributed by atoms with Gasteiger partial charge in [-0.25, -0.2) is 4.79 Å². The van der Waals surface area contributed by atoms with Crippen LogP contribution in [-0.4, -0.2) is 22.1 Å². The van der Waals surface area contributed by atoms with Crippen LogP contribution in [0, 0.1) is 6.92 Å². The summed E-state index contributed by atoms with van der Waals surface area (Å²) in [7, 11) is 0. The van der Waals surface area contributed by atoms with Gasteiger partial charge in [0.25, 0.3) is 5.91 Å². The second-order valence-corrected chi connectivity index (χ2v) is 5.62. The molecule has 0 aliphatic heterocycles. The number of anilines is 1. The molecule has 24 heavy (non-hydrogen) atoms. The van der Waals surface area contributed by atoms with Gasteiger partial charge in [0.2, 0.25) is 0 Å². The summed E-state index contributed by atoms with van der Waals surface area (Å²) in [4.78, 5) is 23.4. The molecule has 1 amide bonds. The van der Waals surface area contributed by atoms with E-state index in [0.717, 1.165) is 5.39 Å². The first-order valence-corrected chi connectivity index (χ1v) is 7.31. The Morgan fingerprint density at radius 2 is 1.92 bits per heavy atom. The molecule has 0 saturated heterocycles. The number of hydrogen-bond acceptors (Lipinski definition) is 4. The highest BCUT2D eigenvalue weighted by molar-refractivity contribution is 6.31. The summed E-state index contributed by atoms with van der Waals surface area (Å²) in [5.41, 5.74) is 1.08. The van der Waals surface area contributed by atoms with Crippen LogP contribution in [0.5, 0.6) is 5.75 Å². The zero-order valence-electron chi connectivity index (χ0n) is 12.5. The van der Waals surface area contributed by atoms with Crippen molar-refractivity contribution in [2.75, 3.05) is 5.32 Å². The van der Waals surface area contributed by atoms with Crippen LogP contribution in [-0.2, 0) is 0 Å². The van der Waals surface area contributed by atoms with Crippen molar-refractivity contribution in [3.05, 3.63) is 58.3 Å². The van der Waals surface area contributed by atoms with Crippen LogP contribution in [0.15, 0.2) is 40.8 Å². The minimum absolute atomic E-state index is 0.109. The number of aromatic hydroxyl groups is 1. The Kier molecular flexibility index (Phi) is 3.91. The number of furan rings is 1. The summed E-state index contributed by atoms with van der Waals surface area (Å²) < 4.78 is 5.55. The Hall–Kier alpha value is -2.99. The van der Waals surface area contributed by atoms with E-state index in [0.29, 0.717) is 16.2 Å². The fraction of sp³-hybridized carbons (Fsp3) is 0.0588. The largest absolute Gasteiger partial charge is 0.507 e. The summed E-state index contributed by atoms with van der Waals surface area (Å²) in [5, 5.41) is 22.3. The maximum absolute atomic E-state index is 12.4. The molecule has 7 heteroatoms. The monoisotopic (exact) mass is 345 g/mol. The zero-order valence-corrected chi connectivity index (χ0v) is 13.2. The molecule has 0 bridgehead atoms. The molecule has 0 aliphatic rings. The smallest absolute Gasteiger partial charge is 0.339 e. The third-order valence-electron chi connectivity index (χ3n) is 3.59. The van der Waals surface area contributed by atoms with E-state index in [1.807, 2.05) is 0 Å². The van der Waals surface area contributed by atoms with Gasteiger partial charge >= 0.3 is 5.97 Å². The number of rotatable bonds is 3. The van der Waals surface area contributed by atoms with Crippen LogP contribution in [0.25, 0.3) is 11.0 Å². The van der Waals surface area contributed by atoms with Gasteiger partial charge in [-0.2, -0.15) is 0 Å². The Morgan fingerprint density at radius 3 is 2.62 bits per heavy atom. The maximum atomic E-state index is 12.4. The highest BCUT2D eigenvalue weighted by Crippen LogP contribution is 2.29. The molecule has 0 spiro atoms. The topological polar surface area (TPSA) is 99.8 Å². The zero-order chi connectivity index (χ0) is 17.4. The van der Waals surface area contributed by atoms with Gasteiger partial charge in [-0.15, -0.1) is 0 Å². The van der Waals surface area contributed by atoms with Crippen LogP contribution in [0.2, 0.25) is 5.02 Å². The predicted octanol–water partition coefficient (Wildman–Crippen LogP) is 4.05. The van der Waals surface area contributed by atoms with Gasteiger partial charge < -0.3 is 19.9 Å². The van der Waals surface area contributed by atoms with Gasteiger partial charge in [0.15, 0.2) is 5.76 Å². The third-order valence-corrected chi connectivity index (χ3v) is 3.82. The van der Waals surface area contributed by atoms with E-state index < -0.39 is 11.9 Å². The number of hydrogen-bond donors (Lipinski definition) is 3. The Bertz CT molecular complexity index is 977. The lowest BCUT2D eigenvalue weighted by Gasteiger charge is -2.06. The molecule has 0 unspecified atom stereocenters. The van der Waals surface area contributed by atoms with E-state index in [1.165, 1.54) is 18.2 Å². The number of carbonyl (C=O) groups is 2. The van der Waals surface area contributed by atoms with Crippen molar-refractivity contribution in [3.63, 3.8) is 0 Å². The maximum Gasteiger partial charge on any atom is 0.339 e. The molecule has 0 fully saturated rings. The number of carboxylic acid groups (broad SMARTS) is 1. The van der Waals surface area contributed by atoms with Crippen LogP contribution >= 0.6 is 11.6 Å². The molecule has 3 N–H and O–H groups in total. The molecular formula is C17H12ClNO5. The Morgan fingerprint density at radius 1 is 1.17 bits per heavy atom. The minimum Gasteiger partial charge on any atom is -0.507 e. The van der Waals surface area contributed by atoms with E-state index in [-0.39, 0.29) is 22.8 Å². The first-order chi connectivity index (χ1) is 11.4. The summed E-state index contributed by atoms with van der Waals surface area (Å²) in [6.07, 6.45) is 0. The number of carbonyl (C=O) groups excluding carboxylic acids is 1.